The molecule has 2 aromatic rings. The topological polar surface area (TPSA) is 49.3 Å². The molecule has 1 aliphatic carbocycles. The number of hydrogen-bond donors (Lipinski definition) is 2. The molecule has 4 nitrogen and oxygen atoms in total. The van der Waals surface area contributed by atoms with Crippen molar-refractivity contribution in [3.63, 3.8) is 0 Å². The van der Waals surface area contributed by atoms with E-state index < -0.39 is 0 Å². The van der Waals surface area contributed by atoms with Gasteiger partial charge in [0.15, 0.2) is 5.96 Å². The molecule has 1 aromatic carbocycles. The van der Waals surface area contributed by atoms with Gasteiger partial charge in [0, 0.05) is 41.0 Å². The molecule has 2 N–H and O–H groups in total. The number of aliphatic imine (C=N–C) groups is 1. The van der Waals surface area contributed by atoms with E-state index in [2.05, 4.69) is 41.6 Å². The van der Waals surface area contributed by atoms with Gasteiger partial charge in [-0.1, -0.05) is 23.7 Å². The lowest BCUT2D eigenvalue weighted by Gasteiger charge is -2.16. The van der Waals surface area contributed by atoms with Crippen LogP contribution in [0, 0.1) is 6.92 Å². The third-order valence-corrected chi connectivity index (χ3v) is 5.68. The largest absolute Gasteiger partial charge is 0.357 e. The van der Waals surface area contributed by atoms with Gasteiger partial charge in [-0.15, -0.1) is 35.3 Å². The second kappa shape index (κ2) is 9.90. The number of thiazole rings is 1. The van der Waals surface area contributed by atoms with Crippen LogP contribution in [0.3, 0.4) is 0 Å². The Morgan fingerprint density at radius 3 is 2.77 bits per heavy atom. The Morgan fingerprint density at radius 2 is 2.15 bits per heavy atom. The van der Waals surface area contributed by atoms with E-state index in [1.165, 1.54) is 28.3 Å². The zero-order valence-corrected chi connectivity index (χ0v) is 19.1. The van der Waals surface area contributed by atoms with Gasteiger partial charge in [-0.3, -0.25) is 4.99 Å². The highest BCUT2D eigenvalue weighted by Gasteiger charge is 2.44. The van der Waals surface area contributed by atoms with Crippen molar-refractivity contribution in [3.8, 4) is 0 Å². The minimum absolute atomic E-state index is 0. The molecule has 142 valence electrons. The van der Waals surface area contributed by atoms with Crippen molar-refractivity contribution < 1.29 is 0 Å². The predicted octanol–water partition coefficient (Wildman–Crippen LogP) is 4.55. The monoisotopic (exact) mass is 504 g/mol. The lowest BCUT2D eigenvalue weighted by Crippen LogP contribution is -2.39. The molecule has 1 fully saturated rings. The number of aromatic nitrogens is 1. The maximum Gasteiger partial charge on any atom is 0.191 e. The van der Waals surface area contributed by atoms with Crippen LogP contribution < -0.4 is 10.6 Å². The summed E-state index contributed by atoms with van der Waals surface area (Å²) in [6, 6.07) is 8.20. The lowest BCUT2D eigenvalue weighted by molar-refractivity contribution is 0.692. The summed E-state index contributed by atoms with van der Waals surface area (Å²) in [7, 11) is 0. The standard InChI is InChI=1S/C19H25ClN4S.HI/c1-3-21-18(22-10-7-17-23-12-14(2)25-17)24-13-19(8-9-19)15-5-4-6-16(20)11-15;/h4-6,11-12H,3,7-10,13H2,1-2H3,(H2,21,22,24);1H. The zero-order chi connectivity index (χ0) is 17.7. The average molecular weight is 505 g/mol. The zero-order valence-electron chi connectivity index (χ0n) is 15.2. The first-order valence-electron chi connectivity index (χ1n) is 8.81. The SMILES string of the molecule is CCNC(=NCC1(c2cccc(Cl)c2)CC1)NCCc1ncc(C)s1.I. The number of rotatable bonds is 7. The smallest absolute Gasteiger partial charge is 0.191 e. The van der Waals surface area contributed by atoms with E-state index in [0.717, 1.165) is 37.0 Å². The maximum atomic E-state index is 6.15. The molecule has 0 radical (unpaired) electrons. The van der Waals surface area contributed by atoms with Gasteiger partial charge in [0.25, 0.3) is 0 Å². The molecular formula is C19H26ClIN4S. The Kier molecular flexibility index (Phi) is 8.16. The molecule has 0 unspecified atom stereocenters. The fourth-order valence-corrected chi connectivity index (χ4v) is 3.86. The van der Waals surface area contributed by atoms with Crippen LogP contribution in [0.1, 0.15) is 35.2 Å². The molecular weight excluding hydrogens is 479 g/mol. The van der Waals surface area contributed by atoms with E-state index in [9.17, 15) is 0 Å². The highest BCUT2D eigenvalue weighted by Crippen LogP contribution is 2.48. The van der Waals surface area contributed by atoms with Crippen LogP contribution in [-0.2, 0) is 11.8 Å². The van der Waals surface area contributed by atoms with E-state index in [4.69, 9.17) is 16.6 Å². The third-order valence-electron chi connectivity index (χ3n) is 4.48. The molecule has 0 bridgehead atoms. The van der Waals surface area contributed by atoms with Gasteiger partial charge < -0.3 is 10.6 Å². The molecule has 1 aliphatic rings. The second-order valence-corrected chi connectivity index (χ2v) is 8.28. The summed E-state index contributed by atoms with van der Waals surface area (Å²) in [6.45, 7) is 6.66. The van der Waals surface area contributed by atoms with Crippen molar-refractivity contribution in [1.29, 1.82) is 0 Å². The molecule has 0 amide bonds. The third kappa shape index (κ3) is 5.82. The van der Waals surface area contributed by atoms with E-state index in [1.54, 1.807) is 11.3 Å². The second-order valence-electron chi connectivity index (χ2n) is 6.53. The lowest BCUT2D eigenvalue weighted by atomic mass is 9.96. The van der Waals surface area contributed by atoms with Crippen molar-refractivity contribution >= 4 is 52.9 Å². The molecule has 1 heterocycles. The van der Waals surface area contributed by atoms with Crippen molar-refractivity contribution in [2.45, 2.75) is 38.5 Å². The first-order chi connectivity index (χ1) is 12.1. The minimum atomic E-state index is 0. The molecule has 0 atom stereocenters. The fraction of sp³-hybridized carbons (Fsp3) is 0.474. The molecule has 0 spiro atoms. The van der Waals surface area contributed by atoms with Crippen molar-refractivity contribution in [2.24, 2.45) is 4.99 Å². The van der Waals surface area contributed by atoms with Gasteiger partial charge in [0.1, 0.15) is 0 Å². The molecule has 26 heavy (non-hydrogen) atoms. The number of guanidine groups is 1. The number of hydrogen-bond acceptors (Lipinski definition) is 3. The Hall–Kier alpha value is -0.860. The molecule has 3 rings (SSSR count). The maximum absolute atomic E-state index is 6.15. The van der Waals surface area contributed by atoms with Crippen LogP contribution in [0.2, 0.25) is 5.02 Å². The van der Waals surface area contributed by atoms with Gasteiger partial charge >= 0.3 is 0 Å². The van der Waals surface area contributed by atoms with Crippen LogP contribution in [0.25, 0.3) is 0 Å². The van der Waals surface area contributed by atoms with E-state index in [-0.39, 0.29) is 29.4 Å². The summed E-state index contributed by atoms with van der Waals surface area (Å²) >= 11 is 7.91. The van der Waals surface area contributed by atoms with E-state index in [0.29, 0.717) is 0 Å². The number of nitrogens with one attached hydrogen (secondary N) is 2. The van der Waals surface area contributed by atoms with Crippen molar-refractivity contribution in [1.82, 2.24) is 15.6 Å². The highest BCUT2D eigenvalue weighted by atomic mass is 127. The number of benzene rings is 1. The van der Waals surface area contributed by atoms with Gasteiger partial charge in [0.05, 0.1) is 11.6 Å². The van der Waals surface area contributed by atoms with Crippen LogP contribution in [0.4, 0.5) is 0 Å². The number of nitrogens with zero attached hydrogens (tertiary/aromatic N) is 2. The highest BCUT2D eigenvalue weighted by molar-refractivity contribution is 14.0. The Balaban J connectivity index is 0.00000243. The normalized spacial score (nSPS) is 15.3. The first-order valence-corrected chi connectivity index (χ1v) is 10.0. The van der Waals surface area contributed by atoms with Crippen LogP contribution in [-0.4, -0.2) is 30.6 Å². The van der Waals surface area contributed by atoms with Crippen LogP contribution in [0.5, 0.6) is 0 Å². The quantitative estimate of drug-likeness (QED) is 0.330. The fourth-order valence-electron chi connectivity index (χ4n) is 2.88. The summed E-state index contributed by atoms with van der Waals surface area (Å²) in [5, 5.41) is 8.72. The van der Waals surface area contributed by atoms with Gasteiger partial charge in [-0.2, -0.15) is 0 Å². The average Bonchev–Trinajstić information content (AvgIpc) is 3.28. The Labute approximate surface area is 181 Å². The Bertz CT molecular complexity index is 743. The van der Waals surface area contributed by atoms with Gasteiger partial charge in [0.2, 0.25) is 0 Å². The molecule has 7 heteroatoms. The van der Waals surface area contributed by atoms with E-state index in [1.807, 2.05) is 18.3 Å². The molecule has 1 aromatic heterocycles. The van der Waals surface area contributed by atoms with Gasteiger partial charge in [-0.25, -0.2) is 4.98 Å². The summed E-state index contributed by atoms with van der Waals surface area (Å²) in [5.41, 5.74) is 1.47. The first kappa shape index (κ1) is 21.4. The predicted molar refractivity (Wildman–Crippen MR) is 122 cm³/mol. The Morgan fingerprint density at radius 1 is 1.35 bits per heavy atom. The summed E-state index contributed by atoms with van der Waals surface area (Å²) in [5.74, 6) is 0.879. The molecule has 0 saturated heterocycles. The minimum Gasteiger partial charge on any atom is -0.357 e. The van der Waals surface area contributed by atoms with Crippen molar-refractivity contribution in [3.05, 3.63) is 50.9 Å². The molecule has 0 aliphatic heterocycles. The van der Waals surface area contributed by atoms with Crippen LogP contribution in [0.15, 0.2) is 35.5 Å². The van der Waals surface area contributed by atoms with Crippen molar-refractivity contribution in [2.75, 3.05) is 19.6 Å². The summed E-state index contributed by atoms with van der Waals surface area (Å²) < 4.78 is 0. The number of aryl methyl sites for hydroxylation is 1. The number of halogens is 2. The van der Waals surface area contributed by atoms with Crippen LogP contribution >= 0.6 is 46.9 Å². The summed E-state index contributed by atoms with van der Waals surface area (Å²) in [6.07, 6.45) is 5.20. The van der Waals surface area contributed by atoms with Gasteiger partial charge in [-0.05, 0) is 44.4 Å². The van der Waals surface area contributed by atoms with E-state index >= 15 is 0 Å². The summed E-state index contributed by atoms with van der Waals surface area (Å²) in [4.78, 5) is 10.5. The molecule has 1 saturated carbocycles.